The molecule has 0 aliphatic heterocycles. The Hall–Kier alpha value is -2.21. The maximum atomic E-state index is 6.01. The van der Waals surface area contributed by atoms with Gasteiger partial charge in [0, 0.05) is 22.7 Å². The number of rotatable bonds is 7. The zero-order valence-corrected chi connectivity index (χ0v) is 16.3. The van der Waals surface area contributed by atoms with Crippen LogP contribution in [0.4, 0.5) is 0 Å². The lowest BCUT2D eigenvalue weighted by atomic mass is 10.2. The summed E-state index contributed by atoms with van der Waals surface area (Å²) in [5, 5.41) is 5.48. The molecule has 0 saturated carbocycles. The highest BCUT2D eigenvalue weighted by molar-refractivity contribution is 7.71. The highest BCUT2D eigenvalue weighted by Crippen LogP contribution is 2.20. The van der Waals surface area contributed by atoms with Gasteiger partial charge in [-0.3, -0.25) is 4.57 Å². The molecule has 0 aliphatic carbocycles. The first-order valence-corrected chi connectivity index (χ1v) is 9.27. The normalized spacial score (nSPS) is 12.1. The number of hydrogen-bond acceptors (Lipinski definition) is 2. The second-order valence-electron chi connectivity index (χ2n) is 6.29. The number of quaternary nitrogens is 1. The molecular weight excluding hydrogens is 364 g/mol. The molecule has 1 atom stereocenters. The molecule has 0 bridgehead atoms. The fraction of sp³-hybridized carbons (Fsp3) is 0.200. The monoisotopic (exact) mass is 385 g/mol. The number of allylic oxidation sites excluding steroid dienone is 1. The van der Waals surface area contributed by atoms with Gasteiger partial charge in [-0.15, -0.1) is 11.7 Å². The van der Waals surface area contributed by atoms with Crippen molar-refractivity contribution >= 4 is 23.8 Å². The molecule has 0 aliphatic rings. The molecule has 1 aromatic heterocycles. The maximum Gasteiger partial charge on any atom is 0.203 e. The summed E-state index contributed by atoms with van der Waals surface area (Å²) in [5.41, 5.74) is 2.28. The third-order valence-electron chi connectivity index (χ3n) is 4.11. The van der Waals surface area contributed by atoms with Crippen LogP contribution in [0, 0.1) is 4.77 Å². The van der Waals surface area contributed by atoms with Gasteiger partial charge in [0.1, 0.15) is 6.54 Å². The van der Waals surface area contributed by atoms with E-state index in [0.717, 1.165) is 17.9 Å². The molecule has 0 spiro atoms. The summed E-state index contributed by atoms with van der Waals surface area (Å²) in [7, 11) is 2.14. The van der Waals surface area contributed by atoms with E-state index in [1.807, 2.05) is 45.7 Å². The van der Waals surface area contributed by atoms with E-state index in [0.29, 0.717) is 23.0 Å². The lowest BCUT2D eigenvalue weighted by Crippen LogP contribution is -3.07. The first-order valence-electron chi connectivity index (χ1n) is 8.48. The Labute approximate surface area is 164 Å². The van der Waals surface area contributed by atoms with Gasteiger partial charge in [0.25, 0.3) is 0 Å². The molecule has 6 heteroatoms. The van der Waals surface area contributed by atoms with Crippen molar-refractivity contribution < 1.29 is 4.90 Å². The molecule has 1 unspecified atom stereocenters. The molecule has 3 aromatic rings. The van der Waals surface area contributed by atoms with Crippen LogP contribution in [-0.2, 0) is 19.8 Å². The van der Waals surface area contributed by atoms with Gasteiger partial charge in [-0.2, -0.15) is 4.68 Å². The molecule has 1 heterocycles. The minimum absolute atomic E-state index is 0.620. The Balaban J connectivity index is 1.87. The summed E-state index contributed by atoms with van der Waals surface area (Å²) in [6.45, 7) is 6.06. The van der Waals surface area contributed by atoms with Gasteiger partial charge in [-0.05, 0) is 36.5 Å². The van der Waals surface area contributed by atoms with Crippen LogP contribution in [0.1, 0.15) is 5.56 Å². The maximum absolute atomic E-state index is 6.01. The van der Waals surface area contributed by atoms with Gasteiger partial charge in [0.15, 0.2) is 12.5 Å². The number of hydrogen-bond donors (Lipinski definition) is 1. The predicted molar refractivity (Wildman–Crippen MR) is 109 cm³/mol. The lowest BCUT2D eigenvalue weighted by molar-refractivity contribution is -0.917. The van der Waals surface area contributed by atoms with Crippen LogP contribution >= 0.6 is 23.8 Å². The molecule has 2 aromatic carbocycles. The van der Waals surface area contributed by atoms with Crippen molar-refractivity contribution in [2.45, 2.75) is 19.8 Å². The summed E-state index contributed by atoms with van der Waals surface area (Å²) < 4.78 is 4.59. The molecule has 134 valence electrons. The van der Waals surface area contributed by atoms with Crippen LogP contribution in [0.2, 0.25) is 5.02 Å². The van der Waals surface area contributed by atoms with Crippen LogP contribution in [0.25, 0.3) is 11.4 Å². The Morgan fingerprint density at radius 1 is 1.15 bits per heavy atom. The van der Waals surface area contributed by atoms with Crippen molar-refractivity contribution in [2.24, 2.45) is 0 Å². The van der Waals surface area contributed by atoms with Gasteiger partial charge in [0.2, 0.25) is 4.77 Å². The smallest absolute Gasteiger partial charge is 0.203 e. The van der Waals surface area contributed by atoms with E-state index < -0.39 is 0 Å². The zero-order valence-electron chi connectivity index (χ0n) is 14.7. The summed E-state index contributed by atoms with van der Waals surface area (Å²) in [5.74, 6) is 0.832. The van der Waals surface area contributed by atoms with Crippen molar-refractivity contribution in [1.29, 1.82) is 0 Å². The van der Waals surface area contributed by atoms with Crippen molar-refractivity contribution in [2.75, 3.05) is 7.05 Å². The Morgan fingerprint density at radius 3 is 2.50 bits per heavy atom. The van der Waals surface area contributed by atoms with Gasteiger partial charge < -0.3 is 4.90 Å². The van der Waals surface area contributed by atoms with E-state index in [4.69, 9.17) is 28.9 Å². The molecule has 0 amide bonds. The number of aromatic nitrogens is 3. The molecule has 3 rings (SSSR count). The van der Waals surface area contributed by atoms with E-state index in [-0.39, 0.29) is 0 Å². The van der Waals surface area contributed by atoms with E-state index in [1.165, 1.54) is 10.5 Å². The highest BCUT2D eigenvalue weighted by atomic mass is 35.5. The van der Waals surface area contributed by atoms with E-state index in [1.54, 1.807) is 0 Å². The first kappa shape index (κ1) is 18.6. The predicted octanol–water partition coefficient (Wildman–Crippen LogP) is 3.59. The molecule has 26 heavy (non-hydrogen) atoms. The van der Waals surface area contributed by atoms with Crippen LogP contribution in [0.5, 0.6) is 0 Å². The number of halogens is 1. The summed E-state index contributed by atoms with van der Waals surface area (Å²) >= 11 is 11.7. The van der Waals surface area contributed by atoms with Crippen molar-refractivity contribution in [3.05, 3.63) is 82.6 Å². The fourth-order valence-corrected chi connectivity index (χ4v) is 3.30. The molecular formula is C20H22ClN4S+. The molecule has 1 N–H and O–H groups in total. The van der Waals surface area contributed by atoms with Gasteiger partial charge in [-0.25, -0.2) is 0 Å². The van der Waals surface area contributed by atoms with Crippen molar-refractivity contribution in [1.82, 2.24) is 14.3 Å². The third kappa shape index (κ3) is 4.30. The van der Waals surface area contributed by atoms with Gasteiger partial charge in [0.05, 0.1) is 7.05 Å². The quantitative estimate of drug-likeness (QED) is 0.497. The van der Waals surface area contributed by atoms with Crippen LogP contribution in [0.3, 0.4) is 0 Å². The summed E-state index contributed by atoms with van der Waals surface area (Å²) in [6, 6.07) is 18.1. The average Bonchev–Trinajstić information content (AvgIpc) is 2.93. The highest BCUT2D eigenvalue weighted by Gasteiger charge is 2.14. The first-order chi connectivity index (χ1) is 12.6. The average molecular weight is 386 g/mol. The zero-order chi connectivity index (χ0) is 18.5. The Morgan fingerprint density at radius 2 is 1.85 bits per heavy atom. The SMILES string of the molecule is C=CCn1c(-c2ccc(Cl)cc2)nn(C[NH+](C)Cc2ccccc2)c1=S. The van der Waals surface area contributed by atoms with Crippen LogP contribution < -0.4 is 4.90 Å². The standard InChI is InChI=1S/C20H21ClN4S/c1-3-13-24-19(17-9-11-18(21)12-10-17)22-25(20(24)26)15-23(2)14-16-7-5-4-6-8-16/h3-12H,1,13-15H2,2H3/p+1. The van der Waals surface area contributed by atoms with Crippen molar-refractivity contribution in [3.63, 3.8) is 0 Å². The molecule has 4 nitrogen and oxygen atoms in total. The number of nitrogens with one attached hydrogen (secondary N) is 1. The Bertz CT molecular complexity index is 929. The summed E-state index contributed by atoms with van der Waals surface area (Å²) in [4.78, 5) is 1.30. The minimum atomic E-state index is 0.620. The van der Waals surface area contributed by atoms with E-state index in [9.17, 15) is 0 Å². The van der Waals surface area contributed by atoms with Crippen LogP contribution in [0.15, 0.2) is 67.3 Å². The third-order valence-corrected chi connectivity index (χ3v) is 4.79. The minimum Gasteiger partial charge on any atom is -0.315 e. The van der Waals surface area contributed by atoms with Crippen LogP contribution in [-0.4, -0.2) is 21.4 Å². The summed E-state index contributed by atoms with van der Waals surface area (Å²) in [6.07, 6.45) is 1.84. The number of nitrogens with zero attached hydrogens (tertiary/aromatic N) is 3. The largest absolute Gasteiger partial charge is 0.315 e. The lowest BCUT2D eigenvalue weighted by Gasteiger charge is -2.13. The molecule has 0 radical (unpaired) electrons. The van der Waals surface area contributed by atoms with Gasteiger partial charge >= 0.3 is 0 Å². The van der Waals surface area contributed by atoms with Gasteiger partial charge in [-0.1, -0.05) is 48.0 Å². The number of benzene rings is 2. The fourth-order valence-electron chi connectivity index (χ4n) is 2.91. The van der Waals surface area contributed by atoms with Crippen molar-refractivity contribution in [3.8, 4) is 11.4 Å². The van der Waals surface area contributed by atoms with E-state index >= 15 is 0 Å². The topological polar surface area (TPSA) is 27.2 Å². The molecule has 0 fully saturated rings. The second-order valence-corrected chi connectivity index (χ2v) is 7.09. The molecule has 0 saturated heterocycles. The Kier molecular flexibility index (Phi) is 6.04. The van der Waals surface area contributed by atoms with E-state index in [2.05, 4.69) is 37.9 Å². The second kappa shape index (κ2) is 8.45.